The standard InChI is InChI=1S/C21H26N2O3/c1-17(24)23(15-13-18-9-11-20(26-3)12-10-18)16-14-21(25)22(2)19-7-5-4-6-8-19/h4-12H,13-16H2,1-3H3. The Morgan fingerprint density at radius 2 is 1.62 bits per heavy atom. The van der Waals surface area contributed by atoms with Crippen LogP contribution in [0.2, 0.25) is 0 Å². The monoisotopic (exact) mass is 354 g/mol. The van der Waals surface area contributed by atoms with Gasteiger partial charge in [0.1, 0.15) is 5.75 Å². The molecule has 26 heavy (non-hydrogen) atoms. The molecular weight excluding hydrogens is 328 g/mol. The van der Waals surface area contributed by atoms with Crippen LogP contribution in [-0.4, -0.2) is 44.0 Å². The Morgan fingerprint density at radius 1 is 0.962 bits per heavy atom. The number of benzene rings is 2. The van der Waals surface area contributed by atoms with Crippen molar-refractivity contribution in [3.05, 3.63) is 60.2 Å². The molecule has 0 fully saturated rings. The topological polar surface area (TPSA) is 49.9 Å². The third-order valence-corrected chi connectivity index (χ3v) is 4.39. The molecule has 2 aromatic carbocycles. The SMILES string of the molecule is COc1ccc(CCN(CCC(=O)N(C)c2ccccc2)C(C)=O)cc1. The Morgan fingerprint density at radius 3 is 2.19 bits per heavy atom. The maximum atomic E-state index is 12.4. The summed E-state index contributed by atoms with van der Waals surface area (Å²) in [6, 6.07) is 17.3. The zero-order chi connectivity index (χ0) is 18.9. The van der Waals surface area contributed by atoms with Gasteiger partial charge in [0.15, 0.2) is 0 Å². The third kappa shape index (κ3) is 5.62. The molecule has 0 atom stereocenters. The molecule has 138 valence electrons. The number of anilines is 1. The van der Waals surface area contributed by atoms with Gasteiger partial charge in [-0.05, 0) is 36.2 Å². The number of nitrogens with zero attached hydrogens (tertiary/aromatic N) is 2. The molecule has 5 nitrogen and oxygen atoms in total. The van der Waals surface area contributed by atoms with Gasteiger partial charge in [0, 0.05) is 39.2 Å². The van der Waals surface area contributed by atoms with Crippen molar-refractivity contribution in [2.45, 2.75) is 19.8 Å². The van der Waals surface area contributed by atoms with Gasteiger partial charge in [0.25, 0.3) is 0 Å². The number of carbonyl (C=O) groups excluding carboxylic acids is 2. The summed E-state index contributed by atoms with van der Waals surface area (Å²) >= 11 is 0. The molecule has 0 unspecified atom stereocenters. The number of carbonyl (C=O) groups is 2. The van der Waals surface area contributed by atoms with Crippen LogP contribution in [0.15, 0.2) is 54.6 Å². The first-order valence-electron chi connectivity index (χ1n) is 8.71. The molecule has 0 aliphatic carbocycles. The average Bonchev–Trinajstić information content (AvgIpc) is 2.68. The maximum Gasteiger partial charge on any atom is 0.228 e. The van der Waals surface area contributed by atoms with Crippen LogP contribution in [-0.2, 0) is 16.0 Å². The largest absolute Gasteiger partial charge is 0.497 e. The molecule has 2 aromatic rings. The van der Waals surface area contributed by atoms with Crippen LogP contribution in [0.5, 0.6) is 5.75 Å². The van der Waals surface area contributed by atoms with Crippen LogP contribution < -0.4 is 9.64 Å². The minimum Gasteiger partial charge on any atom is -0.497 e. The highest BCUT2D eigenvalue weighted by Crippen LogP contribution is 2.14. The number of para-hydroxylation sites is 1. The molecule has 0 aliphatic heterocycles. The highest BCUT2D eigenvalue weighted by molar-refractivity contribution is 5.93. The lowest BCUT2D eigenvalue weighted by molar-refractivity contribution is -0.129. The Kier molecular flexibility index (Phi) is 7.21. The van der Waals surface area contributed by atoms with Crippen LogP contribution in [0.3, 0.4) is 0 Å². The van der Waals surface area contributed by atoms with Crippen LogP contribution in [0.1, 0.15) is 18.9 Å². The van der Waals surface area contributed by atoms with E-state index in [1.807, 2.05) is 54.6 Å². The van der Waals surface area contributed by atoms with E-state index in [0.717, 1.165) is 23.4 Å². The first-order valence-corrected chi connectivity index (χ1v) is 8.71. The average molecular weight is 354 g/mol. The molecule has 0 aliphatic rings. The summed E-state index contributed by atoms with van der Waals surface area (Å²) in [6.07, 6.45) is 1.04. The normalized spacial score (nSPS) is 10.3. The molecule has 0 N–H and O–H groups in total. The summed E-state index contributed by atoms with van der Waals surface area (Å²) in [6.45, 7) is 2.55. The van der Waals surface area contributed by atoms with Gasteiger partial charge in [-0.1, -0.05) is 30.3 Å². The van der Waals surface area contributed by atoms with Crippen molar-refractivity contribution in [2.75, 3.05) is 32.1 Å². The molecule has 0 radical (unpaired) electrons. The second-order valence-corrected chi connectivity index (χ2v) is 6.14. The summed E-state index contributed by atoms with van der Waals surface area (Å²) in [4.78, 5) is 27.6. The smallest absolute Gasteiger partial charge is 0.228 e. The molecular formula is C21H26N2O3. The fourth-order valence-electron chi connectivity index (χ4n) is 2.68. The zero-order valence-electron chi connectivity index (χ0n) is 15.6. The third-order valence-electron chi connectivity index (χ3n) is 4.39. The number of rotatable bonds is 8. The molecule has 2 amide bonds. The molecule has 0 saturated carbocycles. The second-order valence-electron chi connectivity index (χ2n) is 6.14. The lowest BCUT2D eigenvalue weighted by Gasteiger charge is -2.23. The maximum absolute atomic E-state index is 12.4. The first-order chi connectivity index (χ1) is 12.5. The van der Waals surface area contributed by atoms with Crippen molar-refractivity contribution >= 4 is 17.5 Å². The Hall–Kier alpha value is -2.82. The molecule has 5 heteroatoms. The van der Waals surface area contributed by atoms with Crippen molar-refractivity contribution in [3.63, 3.8) is 0 Å². The minimum absolute atomic E-state index is 0.00750. The summed E-state index contributed by atoms with van der Waals surface area (Å²) < 4.78 is 5.15. The van der Waals surface area contributed by atoms with Crippen LogP contribution >= 0.6 is 0 Å². The summed E-state index contributed by atoms with van der Waals surface area (Å²) in [5.41, 5.74) is 1.98. The molecule has 0 bridgehead atoms. The number of hydrogen-bond acceptors (Lipinski definition) is 3. The van der Waals surface area contributed by atoms with Crippen molar-refractivity contribution < 1.29 is 14.3 Å². The van der Waals surface area contributed by atoms with Gasteiger partial charge in [0.2, 0.25) is 11.8 Å². The van der Waals surface area contributed by atoms with Gasteiger partial charge in [-0.15, -0.1) is 0 Å². The zero-order valence-corrected chi connectivity index (χ0v) is 15.6. The minimum atomic E-state index is -0.0197. The van der Waals surface area contributed by atoms with E-state index in [2.05, 4.69) is 0 Å². The first kappa shape index (κ1) is 19.5. The van der Waals surface area contributed by atoms with Crippen LogP contribution in [0, 0.1) is 0 Å². The van der Waals surface area contributed by atoms with E-state index in [1.165, 1.54) is 0 Å². The fraction of sp³-hybridized carbons (Fsp3) is 0.333. The molecule has 0 aromatic heterocycles. The molecule has 0 saturated heterocycles. The number of amides is 2. The number of methoxy groups -OCH3 is 1. The van der Waals surface area contributed by atoms with Crippen LogP contribution in [0.25, 0.3) is 0 Å². The van der Waals surface area contributed by atoms with Gasteiger partial charge in [-0.25, -0.2) is 0 Å². The predicted octanol–water partition coefficient (Wildman–Crippen LogP) is 3.14. The molecule has 2 rings (SSSR count). The predicted molar refractivity (Wildman–Crippen MR) is 103 cm³/mol. The molecule has 0 spiro atoms. The van der Waals surface area contributed by atoms with Gasteiger partial charge in [-0.2, -0.15) is 0 Å². The summed E-state index contributed by atoms with van der Waals surface area (Å²) in [5, 5.41) is 0. The van der Waals surface area contributed by atoms with E-state index in [0.29, 0.717) is 19.5 Å². The Bertz CT molecular complexity index is 714. The van der Waals surface area contributed by atoms with Crippen molar-refractivity contribution in [3.8, 4) is 5.75 Å². The van der Waals surface area contributed by atoms with E-state index in [-0.39, 0.29) is 11.8 Å². The van der Waals surface area contributed by atoms with Crippen molar-refractivity contribution in [1.82, 2.24) is 4.90 Å². The summed E-state index contributed by atoms with van der Waals surface area (Å²) in [7, 11) is 3.39. The second kappa shape index (κ2) is 9.61. The highest BCUT2D eigenvalue weighted by Gasteiger charge is 2.15. The summed E-state index contributed by atoms with van der Waals surface area (Å²) in [5.74, 6) is 0.785. The van der Waals surface area contributed by atoms with E-state index in [4.69, 9.17) is 4.74 Å². The molecule has 0 heterocycles. The van der Waals surface area contributed by atoms with Crippen LogP contribution in [0.4, 0.5) is 5.69 Å². The fourth-order valence-corrected chi connectivity index (χ4v) is 2.68. The Balaban J connectivity index is 1.87. The number of ether oxygens (including phenoxy) is 1. The van der Waals surface area contributed by atoms with E-state index >= 15 is 0 Å². The van der Waals surface area contributed by atoms with Gasteiger partial charge in [0.05, 0.1) is 7.11 Å². The Labute approximate surface area is 155 Å². The lowest BCUT2D eigenvalue weighted by atomic mass is 10.1. The van der Waals surface area contributed by atoms with Gasteiger partial charge in [-0.3, -0.25) is 9.59 Å². The van der Waals surface area contributed by atoms with E-state index in [9.17, 15) is 9.59 Å². The highest BCUT2D eigenvalue weighted by atomic mass is 16.5. The van der Waals surface area contributed by atoms with Gasteiger partial charge < -0.3 is 14.5 Å². The van der Waals surface area contributed by atoms with E-state index < -0.39 is 0 Å². The van der Waals surface area contributed by atoms with Gasteiger partial charge >= 0.3 is 0 Å². The quantitative estimate of drug-likeness (QED) is 0.732. The van der Waals surface area contributed by atoms with Crippen molar-refractivity contribution in [1.29, 1.82) is 0 Å². The lowest BCUT2D eigenvalue weighted by Crippen LogP contribution is -2.35. The van der Waals surface area contributed by atoms with Crippen molar-refractivity contribution in [2.24, 2.45) is 0 Å². The van der Waals surface area contributed by atoms with E-state index in [1.54, 1.807) is 30.9 Å². The number of hydrogen-bond donors (Lipinski definition) is 0.